The zero-order valence-electron chi connectivity index (χ0n) is 13.2. The summed E-state index contributed by atoms with van der Waals surface area (Å²) in [4.78, 5) is 15.4. The summed E-state index contributed by atoms with van der Waals surface area (Å²) in [6.45, 7) is 0. The Labute approximate surface area is 149 Å². The number of hydrazine groups is 1. The number of carbonyl (C=O) groups is 1. The van der Waals surface area contributed by atoms with Crippen LogP contribution in [0.5, 0.6) is 5.75 Å². The topological polar surface area (TPSA) is 95.1 Å². The molecule has 0 saturated carbocycles. The molecule has 0 atom stereocenters. The molecular weight excluding hydrogens is 371 g/mol. The molecule has 2 heterocycles. The van der Waals surface area contributed by atoms with E-state index in [1.807, 2.05) is 5.43 Å². The number of para-hydroxylation sites is 1. The van der Waals surface area contributed by atoms with Crippen molar-refractivity contribution in [1.82, 2.24) is 20.2 Å². The number of methoxy groups -OCH3 is 1. The molecule has 1 aromatic carbocycles. The number of carbonyl (C=O) groups excluding carboxylic acids is 1. The number of hydrogen-bond acceptors (Lipinski definition) is 6. The van der Waals surface area contributed by atoms with Gasteiger partial charge >= 0.3 is 6.18 Å². The van der Waals surface area contributed by atoms with Crippen molar-refractivity contribution in [2.45, 2.75) is 6.18 Å². The predicted octanol–water partition coefficient (Wildman–Crippen LogP) is 2.63. The monoisotopic (exact) mass is 383 g/mol. The Morgan fingerprint density at radius 2 is 2.08 bits per heavy atom. The number of thiazole rings is 1. The number of aromatic nitrogens is 3. The van der Waals surface area contributed by atoms with Gasteiger partial charge in [-0.15, -0.1) is 11.3 Å². The number of nitrogens with zero attached hydrogens (tertiary/aromatic N) is 3. The van der Waals surface area contributed by atoms with Crippen LogP contribution in [0.3, 0.4) is 0 Å². The summed E-state index contributed by atoms with van der Waals surface area (Å²) in [6.07, 6.45) is -4.67. The van der Waals surface area contributed by atoms with Gasteiger partial charge in [0.05, 0.1) is 12.8 Å². The summed E-state index contributed by atoms with van der Waals surface area (Å²) in [5.41, 5.74) is 1.21. The number of hydrogen-bond donors (Lipinski definition) is 2. The van der Waals surface area contributed by atoms with Gasteiger partial charge in [0.2, 0.25) is 5.13 Å². The molecule has 0 radical (unpaired) electrons. The normalized spacial score (nSPS) is 11.4. The highest BCUT2D eigenvalue weighted by Crippen LogP contribution is 2.36. The Kier molecular flexibility index (Phi) is 4.66. The van der Waals surface area contributed by atoms with Crippen LogP contribution in [0.2, 0.25) is 0 Å². The molecule has 136 valence electrons. The van der Waals surface area contributed by atoms with E-state index in [0.29, 0.717) is 16.0 Å². The third-order valence-corrected chi connectivity index (χ3v) is 4.24. The lowest BCUT2D eigenvalue weighted by atomic mass is 10.1. The molecule has 0 aliphatic carbocycles. The lowest BCUT2D eigenvalue weighted by molar-refractivity contribution is -0.142. The van der Waals surface area contributed by atoms with Crippen LogP contribution in [-0.2, 0) is 6.18 Å². The van der Waals surface area contributed by atoms with Crippen LogP contribution >= 0.6 is 11.3 Å². The van der Waals surface area contributed by atoms with Crippen molar-refractivity contribution in [2.24, 2.45) is 5.84 Å². The number of benzene rings is 1. The summed E-state index contributed by atoms with van der Waals surface area (Å²) in [6, 6.07) is 7.48. The Hall–Kier alpha value is -2.92. The van der Waals surface area contributed by atoms with E-state index in [9.17, 15) is 18.0 Å². The molecule has 3 rings (SSSR count). The maximum Gasteiger partial charge on any atom is 0.433 e. The fourth-order valence-corrected chi connectivity index (χ4v) is 3.02. The van der Waals surface area contributed by atoms with Gasteiger partial charge in [-0.3, -0.25) is 10.2 Å². The summed E-state index contributed by atoms with van der Waals surface area (Å²) >= 11 is 0.837. The molecule has 0 unspecified atom stereocenters. The number of amides is 1. The van der Waals surface area contributed by atoms with Crippen LogP contribution in [0.1, 0.15) is 16.2 Å². The van der Waals surface area contributed by atoms with E-state index >= 15 is 0 Å². The molecule has 7 nitrogen and oxygen atoms in total. The average molecular weight is 383 g/mol. The van der Waals surface area contributed by atoms with Gasteiger partial charge in [-0.1, -0.05) is 12.1 Å². The van der Waals surface area contributed by atoms with Gasteiger partial charge in [-0.25, -0.2) is 15.5 Å². The fraction of sp³-hybridized carbons (Fsp3) is 0.133. The molecule has 1 amide bonds. The molecule has 3 N–H and O–H groups in total. The number of alkyl halides is 3. The fourth-order valence-electron chi connectivity index (χ4n) is 2.26. The Bertz CT molecular complexity index is 951. The highest BCUT2D eigenvalue weighted by Gasteiger charge is 2.37. The average Bonchev–Trinajstić information content (AvgIpc) is 3.27. The third-order valence-electron chi connectivity index (χ3n) is 3.42. The van der Waals surface area contributed by atoms with E-state index in [-0.39, 0.29) is 16.5 Å². The standard InChI is InChI=1S/C15H12F3N5O2S/c1-25-11-5-3-2-4-8(11)9-6-12(15(16,17)18)23(22-9)14-20-10(7-26-14)13(24)21-19/h2-7H,19H2,1H3,(H,21,24). The van der Waals surface area contributed by atoms with E-state index in [1.54, 1.807) is 24.3 Å². The Balaban J connectivity index is 2.15. The highest BCUT2D eigenvalue weighted by atomic mass is 32.1. The van der Waals surface area contributed by atoms with Gasteiger partial charge in [0.15, 0.2) is 5.69 Å². The van der Waals surface area contributed by atoms with E-state index in [2.05, 4.69) is 10.1 Å². The minimum Gasteiger partial charge on any atom is -0.496 e. The number of ether oxygens (including phenoxy) is 1. The second-order valence-corrected chi connectivity index (χ2v) is 5.85. The predicted molar refractivity (Wildman–Crippen MR) is 87.9 cm³/mol. The van der Waals surface area contributed by atoms with Crippen molar-refractivity contribution in [1.29, 1.82) is 0 Å². The molecule has 0 saturated heterocycles. The molecular formula is C15H12F3N5O2S. The van der Waals surface area contributed by atoms with Gasteiger partial charge in [0.1, 0.15) is 11.4 Å². The zero-order valence-corrected chi connectivity index (χ0v) is 14.1. The largest absolute Gasteiger partial charge is 0.496 e. The summed E-state index contributed by atoms with van der Waals surface area (Å²) in [5.74, 6) is 4.68. The van der Waals surface area contributed by atoms with Crippen molar-refractivity contribution in [3.8, 4) is 22.1 Å². The Morgan fingerprint density at radius 1 is 1.35 bits per heavy atom. The van der Waals surface area contributed by atoms with Gasteiger partial charge in [-0.05, 0) is 18.2 Å². The van der Waals surface area contributed by atoms with Gasteiger partial charge < -0.3 is 4.74 Å². The van der Waals surface area contributed by atoms with Crippen molar-refractivity contribution in [3.05, 3.63) is 47.1 Å². The van der Waals surface area contributed by atoms with Gasteiger partial charge in [-0.2, -0.15) is 18.3 Å². The van der Waals surface area contributed by atoms with Crippen LogP contribution in [-0.4, -0.2) is 27.8 Å². The molecule has 2 aromatic heterocycles. The molecule has 0 spiro atoms. The quantitative estimate of drug-likeness (QED) is 0.410. The van der Waals surface area contributed by atoms with E-state index in [0.717, 1.165) is 17.4 Å². The number of halogens is 3. The molecule has 0 fully saturated rings. The number of nitrogens with two attached hydrogens (primary N) is 1. The van der Waals surface area contributed by atoms with Crippen LogP contribution in [0.25, 0.3) is 16.4 Å². The molecule has 0 aliphatic heterocycles. The van der Waals surface area contributed by atoms with Gasteiger partial charge in [0, 0.05) is 10.9 Å². The number of rotatable bonds is 4. The number of nitrogens with one attached hydrogen (secondary N) is 1. The first-order valence-electron chi connectivity index (χ1n) is 7.12. The second kappa shape index (κ2) is 6.77. The molecule has 0 aliphatic rings. The maximum atomic E-state index is 13.5. The first-order chi connectivity index (χ1) is 12.3. The van der Waals surface area contributed by atoms with E-state index < -0.39 is 17.8 Å². The molecule has 11 heteroatoms. The van der Waals surface area contributed by atoms with Crippen molar-refractivity contribution >= 4 is 17.2 Å². The lowest BCUT2D eigenvalue weighted by Crippen LogP contribution is -2.30. The van der Waals surface area contributed by atoms with Crippen LogP contribution < -0.4 is 16.0 Å². The van der Waals surface area contributed by atoms with Crippen LogP contribution in [0.15, 0.2) is 35.7 Å². The molecule has 26 heavy (non-hydrogen) atoms. The molecule has 3 aromatic rings. The summed E-state index contributed by atoms with van der Waals surface area (Å²) < 4.78 is 46.2. The number of nitrogen functional groups attached to an aromatic ring is 1. The SMILES string of the molecule is COc1ccccc1-c1cc(C(F)(F)F)n(-c2nc(C(=O)NN)cs2)n1. The first-order valence-corrected chi connectivity index (χ1v) is 8.00. The van der Waals surface area contributed by atoms with Gasteiger partial charge in [0.25, 0.3) is 5.91 Å². The van der Waals surface area contributed by atoms with Crippen LogP contribution in [0, 0.1) is 0 Å². The van der Waals surface area contributed by atoms with Crippen molar-refractivity contribution in [2.75, 3.05) is 7.11 Å². The van der Waals surface area contributed by atoms with E-state index in [1.165, 1.54) is 12.5 Å². The second-order valence-electron chi connectivity index (χ2n) is 5.01. The Morgan fingerprint density at radius 3 is 2.73 bits per heavy atom. The highest BCUT2D eigenvalue weighted by molar-refractivity contribution is 7.12. The summed E-state index contributed by atoms with van der Waals surface area (Å²) in [5, 5.41) is 5.21. The van der Waals surface area contributed by atoms with Crippen molar-refractivity contribution in [3.63, 3.8) is 0 Å². The zero-order chi connectivity index (χ0) is 18.9. The minimum atomic E-state index is -4.67. The molecule has 0 bridgehead atoms. The summed E-state index contributed by atoms with van der Waals surface area (Å²) in [7, 11) is 1.42. The maximum absolute atomic E-state index is 13.5. The third kappa shape index (κ3) is 3.26. The minimum absolute atomic E-state index is 0.0646. The van der Waals surface area contributed by atoms with Crippen molar-refractivity contribution < 1.29 is 22.7 Å². The first kappa shape index (κ1) is 17.9. The lowest BCUT2D eigenvalue weighted by Gasteiger charge is -2.06. The van der Waals surface area contributed by atoms with Crippen LogP contribution in [0.4, 0.5) is 13.2 Å². The smallest absolute Gasteiger partial charge is 0.433 e. The van der Waals surface area contributed by atoms with E-state index in [4.69, 9.17) is 10.6 Å².